The Labute approximate surface area is 120 Å². The molecule has 6 N–H and O–H groups in total. The Morgan fingerprint density at radius 3 is 1.73 bits per heavy atom. The van der Waals surface area contributed by atoms with Gasteiger partial charge in [0.25, 0.3) is 0 Å². The SMILES string of the molecule is O=C(O)[C@H](O)[C@@H](O)[C@H](O)[C@H](O)CO.[LiH].[NaH]. The molecular formula is C6H14LiNaO7. The van der Waals surface area contributed by atoms with Gasteiger partial charge < -0.3 is 30.6 Å². The molecule has 0 bridgehead atoms. The number of carboxylic acid groups (broad SMARTS) is 1. The predicted octanol–water partition coefficient (Wildman–Crippen LogP) is -4.79. The van der Waals surface area contributed by atoms with E-state index in [0.29, 0.717) is 0 Å². The number of carboxylic acids is 1. The van der Waals surface area contributed by atoms with Crippen molar-refractivity contribution in [1.29, 1.82) is 0 Å². The van der Waals surface area contributed by atoms with Gasteiger partial charge in [-0.2, -0.15) is 0 Å². The number of carbonyl (C=O) groups is 1. The molecule has 0 fully saturated rings. The van der Waals surface area contributed by atoms with Crippen molar-refractivity contribution in [3.63, 3.8) is 0 Å². The van der Waals surface area contributed by atoms with Crippen LogP contribution in [0.15, 0.2) is 0 Å². The molecule has 9 heteroatoms. The van der Waals surface area contributed by atoms with Crippen LogP contribution in [0, 0.1) is 0 Å². The van der Waals surface area contributed by atoms with Crippen LogP contribution in [0.3, 0.4) is 0 Å². The van der Waals surface area contributed by atoms with Gasteiger partial charge >= 0.3 is 54.4 Å². The van der Waals surface area contributed by atoms with Gasteiger partial charge in [0, 0.05) is 0 Å². The van der Waals surface area contributed by atoms with Crippen molar-refractivity contribution in [3.8, 4) is 0 Å². The molecule has 0 unspecified atom stereocenters. The first kappa shape index (κ1) is 21.2. The molecule has 0 aliphatic carbocycles. The summed E-state index contributed by atoms with van der Waals surface area (Å²) in [5, 5.41) is 51.8. The molecule has 0 aliphatic rings. The van der Waals surface area contributed by atoms with E-state index in [1.807, 2.05) is 0 Å². The third-order valence-corrected chi connectivity index (χ3v) is 1.51. The van der Waals surface area contributed by atoms with E-state index in [1.54, 1.807) is 0 Å². The molecule has 4 atom stereocenters. The van der Waals surface area contributed by atoms with E-state index < -0.39 is 37.0 Å². The number of aliphatic hydroxyl groups is 5. The first-order valence-corrected chi connectivity index (χ1v) is 3.47. The molecule has 15 heavy (non-hydrogen) atoms. The summed E-state index contributed by atoms with van der Waals surface area (Å²) in [5.41, 5.74) is 0. The third kappa shape index (κ3) is 6.92. The first-order valence-electron chi connectivity index (χ1n) is 3.47. The van der Waals surface area contributed by atoms with E-state index in [2.05, 4.69) is 0 Å². The Morgan fingerprint density at radius 1 is 1.07 bits per heavy atom. The molecule has 0 amide bonds. The fraction of sp³-hybridized carbons (Fsp3) is 0.833. The minimum absolute atomic E-state index is 0. The molecule has 0 saturated carbocycles. The molecule has 0 spiro atoms. The molecule has 0 rings (SSSR count). The summed E-state index contributed by atoms with van der Waals surface area (Å²) in [6, 6.07) is 0. The average Bonchev–Trinajstić information content (AvgIpc) is 2.12. The van der Waals surface area contributed by atoms with Crippen molar-refractivity contribution >= 4 is 54.4 Å². The van der Waals surface area contributed by atoms with Crippen LogP contribution in [-0.4, -0.2) is 116 Å². The molecule has 0 aromatic heterocycles. The van der Waals surface area contributed by atoms with Crippen molar-refractivity contribution in [2.45, 2.75) is 24.4 Å². The van der Waals surface area contributed by atoms with Crippen molar-refractivity contribution in [2.75, 3.05) is 6.61 Å². The summed E-state index contributed by atoms with van der Waals surface area (Å²) in [5.74, 6) is -1.73. The quantitative estimate of drug-likeness (QED) is 0.259. The van der Waals surface area contributed by atoms with Crippen molar-refractivity contribution in [3.05, 3.63) is 0 Å². The monoisotopic (exact) mass is 228 g/mol. The van der Waals surface area contributed by atoms with E-state index in [0.717, 1.165) is 0 Å². The van der Waals surface area contributed by atoms with Crippen molar-refractivity contribution < 1.29 is 35.4 Å². The van der Waals surface area contributed by atoms with E-state index in [9.17, 15) is 4.79 Å². The molecule has 0 radical (unpaired) electrons. The van der Waals surface area contributed by atoms with E-state index >= 15 is 0 Å². The Morgan fingerprint density at radius 2 is 1.47 bits per heavy atom. The number of rotatable bonds is 5. The molecule has 82 valence electrons. The zero-order chi connectivity index (χ0) is 10.6. The number of hydrogen-bond donors (Lipinski definition) is 6. The van der Waals surface area contributed by atoms with Crippen LogP contribution >= 0.6 is 0 Å². The van der Waals surface area contributed by atoms with E-state index in [1.165, 1.54) is 0 Å². The van der Waals surface area contributed by atoms with Crippen molar-refractivity contribution in [1.82, 2.24) is 0 Å². The van der Waals surface area contributed by atoms with Crippen LogP contribution in [0.4, 0.5) is 0 Å². The Kier molecular flexibility index (Phi) is 14.2. The van der Waals surface area contributed by atoms with Crippen LogP contribution in [0.5, 0.6) is 0 Å². The summed E-state index contributed by atoms with van der Waals surface area (Å²) >= 11 is 0. The van der Waals surface area contributed by atoms with E-state index in [-0.39, 0.29) is 48.4 Å². The number of hydrogen-bond acceptors (Lipinski definition) is 6. The van der Waals surface area contributed by atoms with Gasteiger partial charge in [-0.15, -0.1) is 0 Å². The van der Waals surface area contributed by atoms with Gasteiger partial charge in [0.15, 0.2) is 6.10 Å². The second-order valence-electron chi connectivity index (χ2n) is 2.51. The zero-order valence-corrected chi connectivity index (χ0v) is 6.61. The molecule has 0 heterocycles. The number of aliphatic hydroxyl groups excluding tert-OH is 5. The molecule has 7 nitrogen and oxygen atoms in total. The Bertz CT molecular complexity index is 181. The Hall–Kier alpha value is 0.867. The zero-order valence-electron chi connectivity index (χ0n) is 6.61. The third-order valence-electron chi connectivity index (χ3n) is 1.51. The molecular weight excluding hydrogens is 214 g/mol. The Balaban J connectivity index is -0.000000720. The second kappa shape index (κ2) is 10.0. The minimum atomic E-state index is -2.20. The van der Waals surface area contributed by atoms with Crippen LogP contribution in [0.25, 0.3) is 0 Å². The summed E-state index contributed by atoms with van der Waals surface area (Å²) in [6.07, 6.45) is -7.84. The fourth-order valence-corrected chi connectivity index (χ4v) is 0.668. The maximum atomic E-state index is 10.1. The van der Waals surface area contributed by atoms with E-state index in [4.69, 9.17) is 30.6 Å². The summed E-state index contributed by atoms with van der Waals surface area (Å²) in [7, 11) is 0. The van der Waals surface area contributed by atoms with Gasteiger partial charge in [-0.05, 0) is 0 Å². The number of aliphatic carboxylic acids is 1. The standard InChI is InChI=1S/C6H12O7.Li.Na.2H/c7-1-2(8)3(9)4(10)5(11)6(12)13;;;;/h2-5,7-11H,1H2,(H,12,13);;;;/t2-,3-,4+,5-;;;;/m1..../s1. The molecule has 0 saturated heterocycles. The van der Waals surface area contributed by atoms with Gasteiger partial charge in [-0.25, -0.2) is 4.79 Å². The second-order valence-corrected chi connectivity index (χ2v) is 2.51. The summed E-state index contributed by atoms with van der Waals surface area (Å²) in [4.78, 5) is 10.1. The van der Waals surface area contributed by atoms with Gasteiger partial charge in [-0.1, -0.05) is 0 Å². The average molecular weight is 228 g/mol. The first-order chi connectivity index (χ1) is 5.91. The van der Waals surface area contributed by atoms with Crippen molar-refractivity contribution in [2.24, 2.45) is 0 Å². The summed E-state index contributed by atoms with van der Waals surface area (Å²) < 4.78 is 0. The van der Waals surface area contributed by atoms with Gasteiger partial charge in [-0.3, -0.25) is 0 Å². The van der Waals surface area contributed by atoms with Crippen LogP contribution in [0.1, 0.15) is 0 Å². The topological polar surface area (TPSA) is 138 Å². The van der Waals surface area contributed by atoms with Crippen LogP contribution < -0.4 is 0 Å². The van der Waals surface area contributed by atoms with Gasteiger partial charge in [0.1, 0.15) is 18.3 Å². The van der Waals surface area contributed by atoms with Crippen LogP contribution in [0.2, 0.25) is 0 Å². The van der Waals surface area contributed by atoms with Crippen LogP contribution in [-0.2, 0) is 4.79 Å². The molecule has 0 aromatic carbocycles. The van der Waals surface area contributed by atoms with Gasteiger partial charge in [0.05, 0.1) is 6.61 Å². The molecule has 0 aromatic rings. The molecule has 0 aliphatic heterocycles. The fourth-order valence-electron chi connectivity index (χ4n) is 0.668. The predicted molar refractivity (Wildman–Crippen MR) is 53.0 cm³/mol. The summed E-state index contributed by atoms with van der Waals surface area (Å²) in [6.45, 7) is -0.843. The normalized spacial score (nSPS) is 17.7. The maximum absolute atomic E-state index is 10.1. The van der Waals surface area contributed by atoms with Gasteiger partial charge in [0.2, 0.25) is 0 Å².